The molecule has 21 heavy (non-hydrogen) atoms. The Morgan fingerprint density at radius 2 is 1.71 bits per heavy atom. The highest BCUT2D eigenvalue weighted by Gasteiger charge is 2.19. The Hall–Kier alpha value is -0.820. The van der Waals surface area contributed by atoms with E-state index in [1.165, 1.54) is 67.2 Å². The monoisotopic (exact) mass is 287 g/mol. The van der Waals surface area contributed by atoms with Gasteiger partial charge in [0.05, 0.1) is 0 Å². The lowest BCUT2D eigenvalue weighted by atomic mass is 9.90. The van der Waals surface area contributed by atoms with Crippen LogP contribution >= 0.6 is 0 Å². The van der Waals surface area contributed by atoms with E-state index in [9.17, 15) is 0 Å². The Morgan fingerprint density at radius 1 is 1.05 bits per heavy atom. The van der Waals surface area contributed by atoms with Gasteiger partial charge in [0.15, 0.2) is 0 Å². The van der Waals surface area contributed by atoms with E-state index in [4.69, 9.17) is 0 Å². The summed E-state index contributed by atoms with van der Waals surface area (Å²) in [5.74, 6) is 0.989. The standard InChI is InChI=1S/C20H33N/c1-5-12-21-20(11-10-18-8-6-7-9-18)19-14-16(3)15(2)13-17(19)4/h13-14,18,20-21H,5-12H2,1-4H3. The van der Waals surface area contributed by atoms with Gasteiger partial charge in [0, 0.05) is 6.04 Å². The largest absolute Gasteiger partial charge is 0.310 e. The molecule has 0 spiro atoms. The zero-order chi connectivity index (χ0) is 15.2. The van der Waals surface area contributed by atoms with Crippen LogP contribution in [0, 0.1) is 26.7 Å². The molecule has 0 aromatic heterocycles. The molecule has 0 heterocycles. The SMILES string of the molecule is CCCNC(CCC1CCCC1)c1cc(C)c(C)cc1C. The molecule has 1 unspecified atom stereocenters. The van der Waals surface area contributed by atoms with E-state index in [2.05, 4.69) is 45.1 Å². The van der Waals surface area contributed by atoms with Crippen LogP contribution in [0.3, 0.4) is 0 Å². The molecule has 118 valence electrons. The third kappa shape index (κ3) is 4.57. The first-order valence-electron chi connectivity index (χ1n) is 8.93. The molecule has 0 aliphatic heterocycles. The fourth-order valence-electron chi connectivity index (χ4n) is 3.75. The minimum absolute atomic E-state index is 0.546. The Kier molecular flexibility index (Phi) is 6.29. The minimum atomic E-state index is 0.546. The number of benzene rings is 1. The number of hydrogen-bond acceptors (Lipinski definition) is 1. The van der Waals surface area contributed by atoms with Crippen molar-refractivity contribution in [3.63, 3.8) is 0 Å². The maximum Gasteiger partial charge on any atom is 0.0323 e. The van der Waals surface area contributed by atoms with Crippen LogP contribution in [0.2, 0.25) is 0 Å². The molecule has 1 saturated carbocycles. The van der Waals surface area contributed by atoms with Gasteiger partial charge in [-0.3, -0.25) is 0 Å². The van der Waals surface area contributed by atoms with Crippen molar-refractivity contribution in [2.24, 2.45) is 5.92 Å². The molecule has 0 amide bonds. The van der Waals surface area contributed by atoms with Gasteiger partial charge in [0.25, 0.3) is 0 Å². The Bertz CT molecular complexity index is 443. The van der Waals surface area contributed by atoms with Gasteiger partial charge in [-0.15, -0.1) is 0 Å². The molecule has 0 radical (unpaired) electrons. The van der Waals surface area contributed by atoms with Crippen LogP contribution in [0.4, 0.5) is 0 Å². The van der Waals surface area contributed by atoms with Gasteiger partial charge in [0.1, 0.15) is 0 Å². The van der Waals surface area contributed by atoms with E-state index in [1.807, 2.05) is 0 Å². The average Bonchev–Trinajstić information content (AvgIpc) is 2.97. The molecule has 2 rings (SSSR count). The predicted octanol–water partition coefficient (Wildman–Crippen LogP) is 5.62. The average molecular weight is 287 g/mol. The Balaban J connectivity index is 2.08. The van der Waals surface area contributed by atoms with Crippen molar-refractivity contribution in [1.82, 2.24) is 5.32 Å². The summed E-state index contributed by atoms with van der Waals surface area (Å²) in [7, 11) is 0. The number of nitrogens with one attached hydrogen (secondary N) is 1. The lowest BCUT2D eigenvalue weighted by molar-refractivity contribution is 0.411. The van der Waals surface area contributed by atoms with Crippen molar-refractivity contribution in [3.8, 4) is 0 Å². The minimum Gasteiger partial charge on any atom is -0.310 e. The van der Waals surface area contributed by atoms with E-state index in [-0.39, 0.29) is 0 Å². The van der Waals surface area contributed by atoms with E-state index in [0.717, 1.165) is 12.5 Å². The highest BCUT2D eigenvalue weighted by Crippen LogP contribution is 2.32. The third-order valence-electron chi connectivity index (χ3n) is 5.24. The highest BCUT2D eigenvalue weighted by molar-refractivity contribution is 5.38. The Labute approximate surface area is 131 Å². The van der Waals surface area contributed by atoms with Crippen LogP contribution < -0.4 is 5.32 Å². The lowest BCUT2D eigenvalue weighted by Gasteiger charge is -2.23. The van der Waals surface area contributed by atoms with Crippen molar-refractivity contribution in [2.45, 2.75) is 78.7 Å². The van der Waals surface area contributed by atoms with Crippen molar-refractivity contribution in [2.75, 3.05) is 6.54 Å². The maximum atomic E-state index is 3.80. The van der Waals surface area contributed by atoms with Gasteiger partial charge in [-0.1, -0.05) is 44.7 Å². The zero-order valence-corrected chi connectivity index (χ0v) is 14.5. The maximum absolute atomic E-state index is 3.80. The molecule has 1 heteroatoms. The first-order chi connectivity index (χ1) is 10.1. The van der Waals surface area contributed by atoms with E-state index in [1.54, 1.807) is 0 Å². The molecule has 1 N–H and O–H groups in total. The summed E-state index contributed by atoms with van der Waals surface area (Å²) < 4.78 is 0. The van der Waals surface area contributed by atoms with Crippen LogP contribution in [0.5, 0.6) is 0 Å². The molecular formula is C20H33N. The van der Waals surface area contributed by atoms with Crippen LogP contribution in [0.15, 0.2) is 12.1 Å². The molecule has 0 saturated heterocycles. The van der Waals surface area contributed by atoms with E-state index in [0.29, 0.717) is 6.04 Å². The molecule has 1 fully saturated rings. The van der Waals surface area contributed by atoms with Gasteiger partial charge in [-0.25, -0.2) is 0 Å². The van der Waals surface area contributed by atoms with Gasteiger partial charge >= 0.3 is 0 Å². The molecule has 1 aliphatic rings. The highest BCUT2D eigenvalue weighted by atomic mass is 14.9. The summed E-state index contributed by atoms with van der Waals surface area (Å²) in [4.78, 5) is 0. The summed E-state index contributed by atoms with van der Waals surface area (Å²) in [6.07, 6.45) is 9.76. The molecular weight excluding hydrogens is 254 g/mol. The van der Waals surface area contributed by atoms with E-state index >= 15 is 0 Å². The summed E-state index contributed by atoms with van der Waals surface area (Å²) in [6, 6.07) is 5.33. The lowest BCUT2D eigenvalue weighted by Crippen LogP contribution is -2.23. The summed E-state index contributed by atoms with van der Waals surface area (Å²) in [6.45, 7) is 10.1. The van der Waals surface area contributed by atoms with Crippen molar-refractivity contribution < 1.29 is 0 Å². The molecule has 0 bridgehead atoms. The molecule has 1 aliphatic carbocycles. The fraction of sp³-hybridized carbons (Fsp3) is 0.700. The van der Waals surface area contributed by atoms with Crippen LogP contribution in [0.1, 0.15) is 80.2 Å². The summed E-state index contributed by atoms with van der Waals surface area (Å²) >= 11 is 0. The van der Waals surface area contributed by atoms with Crippen LogP contribution in [-0.4, -0.2) is 6.54 Å². The predicted molar refractivity (Wildman–Crippen MR) is 92.9 cm³/mol. The van der Waals surface area contributed by atoms with Crippen molar-refractivity contribution >= 4 is 0 Å². The first-order valence-corrected chi connectivity index (χ1v) is 8.93. The van der Waals surface area contributed by atoms with E-state index < -0.39 is 0 Å². The zero-order valence-electron chi connectivity index (χ0n) is 14.5. The van der Waals surface area contributed by atoms with Crippen molar-refractivity contribution in [1.29, 1.82) is 0 Å². The van der Waals surface area contributed by atoms with Crippen molar-refractivity contribution in [3.05, 3.63) is 34.4 Å². The number of aryl methyl sites for hydroxylation is 3. The van der Waals surface area contributed by atoms with Gasteiger partial charge < -0.3 is 5.32 Å². The van der Waals surface area contributed by atoms with Gasteiger partial charge in [0.2, 0.25) is 0 Å². The quantitative estimate of drug-likeness (QED) is 0.686. The summed E-state index contributed by atoms with van der Waals surface area (Å²) in [5.41, 5.74) is 5.84. The normalized spacial score (nSPS) is 17.3. The second-order valence-electron chi connectivity index (χ2n) is 7.03. The van der Waals surface area contributed by atoms with Gasteiger partial charge in [-0.2, -0.15) is 0 Å². The van der Waals surface area contributed by atoms with Crippen LogP contribution in [0.25, 0.3) is 0 Å². The second kappa shape index (κ2) is 7.98. The molecule has 1 nitrogen and oxygen atoms in total. The smallest absolute Gasteiger partial charge is 0.0323 e. The third-order valence-corrected chi connectivity index (χ3v) is 5.24. The summed E-state index contributed by atoms with van der Waals surface area (Å²) in [5, 5.41) is 3.80. The van der Waals surface area contributed by atoms with Gasteiger partial charge in [-0.05, 0) is 74.8 Å². The first kappa shape index (κ1) is 16.5. The molecule has 1 aromatic rings. The number of rotatable bonds is 7. The molecule has 1 atom stereocenters. The fourth-order valence-corrected chi connectivity index (χ4v) is 3.75. The van der Waals surface area contributed by atoms with Crippen LogP contribution in [-0.2, 0) is 0 Å². The second-order valence-corrected chi connectivity index (χ2v) is 7.03. The number of hydrogen-bond donors (Lipinski definition) is 1. The Morgan fingerprint density at radius 3 is 2.38 bits per heavy atom. The topological polar surface area (TPSA) is 12.0 Å². The molecule has 1 aromatic carbocycles.